The van der Waals surface area contributed by atoms with Crippen molar-refractivity contribution >= 4 is 33.8 Å². The number of nitrogens with zero attached hydrogens (tertiary/aromatic N) is 1. The smallest absolute Gasteiger partial charge is 0.248 e. The fourth-order valence-corrected chi connectivity index (χ4v) is 4.58. The first-order valence-corrected chi connectivity index (χ1v) is 10.2. The van der Waals surface area contributed by atoms with Gasteiger partial charge in [-0.2, -0.15) is 0 Å². The topological polar surface area (TPSA) is 66.5 Å². The molecule has 1 heterocycles. The van der Waals surface area contributed by atoms with Gasteiger partial charge in [-0.25, -0.2) is 8.42 Å². The second-order valence-electron chi connectivity index (χ2n) is 7.68. The number of sulfone groups is 1. The summed E-state index contributed by atoms with van der Waals surface area (Å²) in [6.45, 7) is 7.46. The Morgan fingerprint density at radius 1 is 1.12 bits per heavy atom. The number of nitrogens with one attached hydrogen (secondary N) is 1. The molecule has 1 saturated heterocycles. The molecule has 1 fully saturated rings. The summed E-state index contributed by atoms with van der Waals surface area (Å²) in [6, 6.07) is 7.76. The molecule has 0 radical (unpaired) electrons. The van der Waals surface area contributed by atoms with Crippen molar-refractivity contribution in [2.24, 2.45) is 0 Å². The van der Waals surface area contributed by atoms with E-state index in [9.17, 15) is 13.2 Å². The first-order chi connectivity index (χ1) is 11.0. The Morgan fingerprint density at radius 3 is 2.00 bits per heavy atom. The molecule has 1 aliphatic rings. The molecule has 1 N–H and O–H groups in total. The van der Waals surface area contributed by atoms with Crippen molar-refractivity contribution in [3.05, 3.63) is 29.8 Å². The molecule has 0 aromatic heterocycles. The molecule has 2 rings (SSSR count). The van der Waals surface area contributed by atoms with Crippen LogP contribution in [0, 0.1) is 0 Å². The van der Waals surface area contributed by atoms with Crippen LogP contribution in [-0.2, 0) is 20.0 Å². The van der Waals surface area contributed by atoms with Crippen molar-refractivity contribution in [2.75, 3.05) is 31.3 Å². The van der Waals surface area contributed by atoms with Gasteiger partial charge in [0, 0.05) is 19.0 Å². The van der Waals surface area contributed by atoms with E-state index in [1.54, 1.807) is 7.05 Å². The number of benzene rings is 1. The number of piperidine rings is 1. The SMILES string of the molecule is CN(C(=O)C1(S(C)(=O)=O)CCNCC1)c1ccc(C(C)(C)C)cc1.Cl. The van der Waals surface area contributed by atoms with Gasteiger partial charge in [0.2, 0.25) is 5.91 Å². The van der Waals surface area contributed by atoms with Crippen LogP contribution in [0.15, 0.2) is 24.3 Å². The van der Waals surface area contributed by atoms with Crippen LogP contribution in [0.4, 0.5) is 5.69 Å². The van der Waals surface area contributed by atoms with Gasteiger partial charge in [-0.05, 0) is 49.0 Å². The third kappa shape index (κ3) is 4.36. The maximum absolute atomic E-state index is 13.1. The summed E-state index contributed by atoms with van der Waals surface area (Å²) in [5.41, 5.74) is 1.92. The van der Waals surface area contributed by atoms with Crippen molar-refractivity contribution in [1.82, 2.24) is 5.32 Å². The van der Waals surface area contributed by atoms with Crippen LogP contribution in [0.2, 0.25) is 0 Å². The molecular formula is C18H29ClN2O3S. The number of hydrogen-bond acceptors (Lipinski definition) is 4. The van der Waals surface area contributed by atoms with Crippen molar-refractivity contribution < 1.29 is 13.2 Å². The van der Waals surface area contributed by atoms with Gasteiger partial charge in [0.1, 0.15) is 0 Å². The molecule has 0 saturated carbocycles. The molecule has 7 heteroatoms. The average molecular weight is 389 g/mol. The number of carbonyl (C=O) groups is 1. The summed E-state index contributed by atoms with van der Waals surface area (Å²) in [4.78, 5) is 14.6. The number of anilines is 1. The van der Waals surface area contributed by atoms with Crippen LogP contribution < -0.4 is 10.2 Å². The largest absolute Gasteiger partial charge is 0.317 e. The van der Waals surface area contributed by atoms with E-state index in [0.717, 1.165) is 5.69 Å². The second-order valence-corrected chi connectivity index (χ2v) is 10.0. The molecule has 1 amide bonds. The summed E-state index contributed by atoms with van der Waals surface area (Å²) in [5.74, 6) is -0.338. The van der Waals surface area contributed by atoms with Crippen molar-refractivity contribution in [3.63, 3.8) is 0 Å². The lowest BCUT2D eigenvalue weighted by molar-refractivity contribution is -0.121. The lowest BCUT2D eigenvalue weighted by Gasteiger charge is -2.37. The molecule has 0 atom stereocenters. The molecule has 25 heavy (non-hydrogen) atoms. The fourth-order valence-electron chi connectivity index (χ4n) is 3.18. The quantitative estimate of drug-likeness (QED) is 0.864. The molecule has 1 aromatic rings. The van der Waals surface area contributed by atoms with E-state index >= 15 is 0 Å². The van der Waals surface area contributed by atoms with Crippen LogP contribution in [-0.4, -0.2) is 45.5 Å². The van der Waals surface area contributed by atoms with Crippen molar-refractivity contribution in [3.8, 4) is 0 Å². The lowest BCUT2D eigenvalue weighted by atomic mass is 9.87. The number of rotatable bonds is 3. The third-order valence-corrected chi connectivity index (χ3v) is 6.94. The molecule has 1 aliphatic heterocycles. The molecule has 0 aliphatic carbocycles. The molecule has 142 valence electrons. The Kier molecular flexibility index (Phi) is 6.70. The van der Waals surface area contributed by atoms with Crippen LogP contribution in [0.3, 0.4) is 0 Å². The van der Waals surface area contributed by atoms with Crippen LogP contribution >= 0.6 is 12.4 Å². The Morgan fingerprint density at radius 2 is 1.60 bits per heavy atom. The Labute approximate surface area is 157 Å². The summed E-state index contributed by atoms with van der Waals surface area (Å²) >= 11 is 0. The first-order valence-electron chi connectivity index (χ1n) is 8.28. The maximum Gasteiger partial charge on any atom is 0.248 e. The molecule has 5 nitrogen and oxygen atoms in total. The Hall–Kier alpha value is -1.11. The number of halogens is 1. The van der Waals surface area contributed by atoms with Crippen molar-refractivity contribution in [1.29, 1.82) is 0 Å². The normalized spacial score (nSPS) is 17.5. The Bertz CT molecular complexity index is 703. The van der Waals surface area contributed by atoms with Gasteiger partial charge < -0.3 is 10.2 Å². The van der Waals surface area contributed by atoms with E-state index in [1.165, 1.54) is 16.7 Å². The van der Waals surface area contributed by atoms with Gasteiger partial charge in [0.05, 0.1) is 0 Å². The highest BCUT2D eigenvalue weighted by Gasteiger charge is 2.50. The maximum atomic E-state index is 13.1. The van der Waals surface area contributed by atoms with E-state index < -0.39 is 14.6 Å². The van der Waals surface area contributed by atoms with E-state index in [-0.39, 0.29) is 23.7 Å². The molecule has 0 spiro atoms. The van der Waals surface area contributed by atoms with Gasteiger partial charge in [0.25, 0.3) is 0 Å². The number of amides is 1. The second kappa shape index (κ2) is 7.64. The van der Waals surface area contributed by atoms with Gasteiger partial charge in [-0.15, -0.1) is 12.4 Å². The predicted molar refractivity (Wildman–Crippen MR) is 105 cm³/mol. The Balaban J connectivity index is 0.00000312. The molecule has 1 aromatic carbocycles. The minimum absolute atomic E-state index is 0. The van der Waals surface area contributed by atoms with Gasteiger partial charge in [-0.1, -0.05) is 32.9 Å². The van der Waals surface area contributed by atoms with E-state index in [4.69, 9.17) is 0 Å². The zero-order valence-electron chi connectivity index (χ0n) is 15.6. The number of carbonyl (C=O) groups excluding carboxylic acids is 1. The third-order valence-electron chi connectivity index (χ3n) is 4.94. The summed E-state index contributed by atoms with van der Waals surface area (Å²) < 4.78 is 23.5. The zero-order valence-corrected chi connectivity index (χ0v) is 17.3. The first kappa shape index (κ1) is 21.9. The minimum atomic E-state index is -3.50. The number of hydrogen-bond donors (Lipinski definition) is 1. The highest BCUT2D eigenvalue weighted by Crippen LogP contribution is 2.32. The standard InChI is InChI=1S/C18H28N2O3S.ClH/c1-17(2,3)14-6-8-15(9-7-14)20(4)16(21)18(24(5,22)23)10-12-19-13-11-18;/h6-9,19H,10-13H2,1-5H3;1H. The van der Waals surface area contributed by atoms with Crippen LogP contribution in [0.25, 0.3) is 0 Å². The van der Waals surface area contributed by atoms with Crippen LogP contribution in [0.1, 0.15) is 39.2 Å². The van der Waals surface area contributed by atoms with Gasteiger partial charge in [-0.3, -0.25) is 4.79 Å². The zero-order chi connectivity index (χ0) is 18.2. The summed E-state index contributed by atoms with van der Waals surface area (Å²) in [7, 11) is -1.85. The van der Waals surface area contributed by atoms with Crippen LogP contribution in [0.5, 0.6) is 0 Å². The molecule has 0 bridgehead atoms. The minimum Gasteiger partial charge on any atom is -0.317 e. The monoisotopic (exact) mass is 388 g/mol. The molecular weight excluding hydrogens is 360 g/mol. The van der Waals surface area contributed by atoms with Gasteiger partial charge >= 0.3 is 0 Å². The predicted octanol–water partition coefficient (Wildman–Crippen LogP) is 2.54. The summed E-state index contributed by atoms with van der Waals surface area (Å²) in [6.07, 6.45) is 1.80. The highest BCUT2D eigenvalue weighted by atomic mass is 35.5. The van der Waals surface area contributed by atoms with E-state index in [0.29, 0.717) is 25.9 Å². The van der Waals surface area contributed by atoms with Crippen molar-refractivity contribution in [2.45, 2.75) is 43.8 Å². The van der Waals surface area contributed by atoms with E-state index in [1.807, 2.05) is 24.3 Å². The summed E-state index contributed by atoms with van der Waals surface area (Å²) in [5, 5.41) is 3.13. The highest BCUT2D eigenvalue weighted by molar-refractivity contribution is 7.92. The van der Waals surface area contributed by atoms with Gasteiger partial charge in [0.15, 0.2) is 14.6 Å². The molecule has 0 unspecified atom stereocenters. The van der Waals surface area contributed by atoms with E-state index in [2.05, 4.69) is 26.1 Å². The lowest BCUT2D eigenvalue weighted by Crippen LogP contribution is -2.57. The fraction of sp³-hybridized carbons (Fsp3) is 0.611. The average Bonchev–Trinajstić information content (AvgIpc) is 2.52.